The van der Waals surface area contributed by atoms with Crippen molar-refractivity contribution in [2.45, 2.75) is 51.4 Å². The zero-order chi connectivity index (χ0) is 18.6. The summed E-state index contributed by atoms with van der Waals surface area (Å²) in [4.78, 5) is 22.4. The first-order valence-electron chi connectivity index (χ1n) is 9.65. The van der Waals surface area contributed by atoms with Gasteiger partial charge in [-0.05, 0) is 45.1 Å². The molecule has 1 spiro atoms. The molecule has 4 heterocycles. The Hall–Kier alpha value is -2.77. The Morgan fingerprint density at radius 3 is 3.07 bits per heavy atom. The topological polar surface area (TPSA) is 92.1 Å². The van der Waals surface area contributed by atoms with Gasteiger partial charge in [0.1, 0.15) is 12.2 Å². The van der Waals surface area contributed by atoms with Gasteiger partial charge in [0.05, 0.1) is 17.1 Å². The number of aromatic nitrogens is 6. The maximum atomic E-state index is 12.4. The summed E-state index contributed by atoms with van der Waals surface area (Å²) in [5, 5.41) is 12.9. The van der Waals surface area contributed by atoms with E-state index in [1.54, 1.807) is 10.8 Å². The average Bonchev–Trinajstić information content (AvgIpc) is 3.27. The van der Waals surface area contributed by atoms with Crippen LogP contribution in [0.1, 0.15) is 49.0 Å². The molecule has 1 saturated heterocycles. The van der Waals surface area contributed by atoms with E-state index >= 15 is 0 Å². The van der Waals surface area contributed by atoms with Gasteiger partial charge < -0.3 is 9.88 Å². The number of nitrogens with zero attached hydrogens (tertiary/aromatic N) is 6. The van der Waals surface area contributed by atoms with E-state index in [1.807, 2.05) is 6.92 Å². The van der Waals surface area contributed by atoms with Crippen LogP contribution in [0.5, 0.6) is 0 Å². The normalized spacial score (nSPS) is 21.9. The molecule has 0 radical (unpaired) electrons. The Bertz CT molecular complexity index is 1090. The number of fused-ring (bicyclic) bond motifs is 3. The predicted molar refractivity (Wildman–Crippen MR) is 101 cm³/mol. The van der Waals surface area contributed by atoms with E-state index in [0.717, 1.165) is 73.5 Å². The van der Waals surface area contributed by atoms with Crippen molar-refractivity contribution in [3.05, 3.63) is 45.5 Å². The maximum absolute atomic E-state index is 12.4. The number of hydrogen-bond acceptors (Lipinski definition) is 6. The number of anilines is 1. The highest BCUT2D eigenvalue weighted by atomic mass is 16.1. The lowest BCUT2D eigenvalue weighted by Gasteiger charge is -2.41. The third-order valence-electron chi connectivity index (χ3n) is 6.07. The Kier molecular flexibility index (Phi) is 3.57. The summed E-state index contributed by atoms with van der Waals surface area (Å²) in [5.41, 5.74) is 4.75. The molecular weight excluding hydrogens is 342 g/mol. The lowest BCUT2D eigenvalue weighted by molar-refractivity contribution is 0.334. The van der Waals surface area contributed by atoms with Gasteiger partial charge in [0.2, 0.25) is 5.65 Å². The lowest BCUT2D eigenvalue weighted by atomic mass is 9.77. The van der Waals surface area contributed by atoms with Crippen LogP contribution in [0.2, 0.25) is 0 Å². The minimum absolute atomic E-state index is 0.0310. The molecule has 1 fully saturated rings. The fourth-order valence-electron chi connectivity index (χ4n) is 4.77. The second kappa shape index (κ2) is 5.87. The van der Waals surface area contributed by atoms with E-state index < -0.39 is 0 Å². The SMILES string of the molecule is CCc1cc(N2CCCC3(CCc4c3nc(C)[nH]c4=O)C2)c2nncn2n1. The summed E-state index contributed by atoms with van der Waals surface area (Å²) in [6.07, 6.45) is 6.44. The highest BCUT2D eigenvalue weighted by Crippen LogP contribution is 2.44. The van der Waals surface area contributed by atoms with E-state index in [0.29, 0.717) is 5.82 Å². The molecule has 0 aromatic carbocycles. The Labute approximate surface area is 156 Å². The maximum Gasteiger partial charge on any atom is 0.254 e. The predicted octanol–water partition coefficient (Wildman–Crippen LogP) is 1.56. The van der Waals surface area contributed by atoms with Gasteiger partial charge in [-0.1, -0.05) is 6.92 Å². The minimum atomic E-state index is -0.0563. The number of rotatable bonds is 2. The molecule has 5 rings (SSSR count). The van der Waals surface area contributed by atoms with Gasteiger partial charge in [-0.25, -0.2) is 4.98 Å². The largest absolute Gasteiger partial charge is 0.367 e. The van der Waals surface area contributed by atoms with Gasteiger partial charge in [0.15, 0.2) is 0 Å². The average molecular weight is 365 g/mol. The van der Waals surface area contributed by atoms with Crippen molar-refractivity contribution < 1.29 is 0 Å². The molecule has 8 nitrogen and oxygen atoms in total. The van der Waals surface area contributed by atoms with Crippen LogP contribution in [0.4, 0.5) is 5.69 Å². The van der Waals surface area contributed by atoms with Gasteiger partial charge in [0, 0.05) is 24.1 Å². The second-order valence-electron chi connectivity index (χ2n) is 7.76. The summed E-state index contributed by atoms with van der Waals surface area (Å²) < 4.78 is 1.77. The zero-order valence-electron chi connectivity index (χ0n) is 15.7. The molecular formula is C19H23N7O. The fraction of sp³-hybridized carbons (Fsp3) is 0.526. The quantitative estimate of drug-likeness (QED) is 0.741. The molecule has 1 N–H and O–H groups in total. The van der Waals surface area contributed by atoms with Crippen LogP contribution in [0.3, 0.4) is 0 Å². The Balaban J connectivity index is 1.59. The van der Waals surface area contributed by atoms with Gasteiger partial charge in [0.25, 0.3) is 5.56 Å². The first kappa shape index (κ1) is 16.4. The second-order valence-corrected chi connectivity index (χ2v) is 7.76. The number of H-pyrrole nitrogens is 1. The molecule has 2 aliphatic rings. The molecule has 0 bridgehead atoms. The molecule has 3 aromatic rings. The van der Waals surface area contributed by atoms with Crippen molar-refractivity contribution in [1.82, 2.24) is 29.8 Å². The van der Waals surface area contributed by atoms with Gasteiger partial charge >= 0.3 is 0 Å². The molecule has 1 atom stereocenters. The molecule has 140 valence electrons. The van der Waals surface area contributed by atoms with E-state index in [1.165, 1.54) is 0 Å². The summed E-state index contributed by atoms with van der Waals surface area (Å²) in [7, 11) is 0. The van der Waals surface area contributed by atoms with Crippen molar-refractivity contribution >= 4 is 11.3 Å². The van der Waals surface area contributed by atoms with Gasteiger partial charge in [-0.3, -0.25) is 4.79 Å². The van der Waals surface area contributed by atoms with Crippen molar-refractivity contribution in [2.75, 3.05) is 18.0 Å². The molecule has 0 saturated carbocycles. The van der Waals surface area contributed by atoms with Crippen LogP contribution >= 0.6 is 0 Å². The van der Waals surface area contributed by atoms with Crippen LogP contribution in [0, 0.1) is 6.92 Å². The van der Waals surface area contributed by atoms with E-state index in [-0.39, 0.29) is 11.0 Å². The van der Waals surface area contributed by atoms with Crippen LogP contribution in [0.15, 0.2) is 17.2 Å². The van der Waals surface area contributed by atoms with Crippen LogP contribution in [-0.2, 0) is 18.3 Å². The summed E-state index contributed by atoms with van der Waals surface area (Å²) in [5.74, 6) is 0.703. The van der Waals surface area contributed by atoms with Gasteiger partial charge in [-0.2, -0.15) is 9.61 Å². The van der Waals surface area contributed by atoms with Crippen molar-refractivity contribution in [3.8, 4) is 0 Å². The zero-order valence-corrected chi connectivity index (χ0v) is 15.7. The minimum Gasteiger partial charge on any atom is -0.367 e. The molecule has 27 heavy (non-hydrogen) atoms. The standard InChI is InChI=1S/C19H23N7O/c1-3-13-9-15(17-23-20-11-26(17)24-13)25-8-4-6-19(10-25)7-5-14-16(19)21-12(2)22-18(14)27/h9,11H,3-8,10H2,1-2H3,(H,21,22,27). The number of aromatic amines is 1. The van der Waals surface area contributed by atoms with Crippen molar-refractivity contribution in [2.24, 2.45) is 0 Å². The third-order valence-corrected chi connectivity index (χ3v) is 6.07. The summed E-state index contributed by atoms with van der Waals surface area (Å²) in [6, 6.07) is 2.13. The Morgan fingerprint density at radius 1 is 1.33 bits per heavy atom. The number of piperidine rings is 1. The van der Waals surface area contributed by atoms with Crippen molar-refractivity contribution in [3.63, 3.8) is 0 Å². The monoisotopic (exact) mass is 365 g/mol. The van der Waals surface area contributed by atoms with E-state index in [2.05, 4.69) is 38.2 Å². The smallest absolute Gasteiger partial charge is 0.254 e. The number of hydrogen-bond donors (Lipinski definition) is 1. The van der Waals surface area contributed by atoms with Crippen LogP contribution < -0.4 is 10.5 Å². The first-order valence-corrected chi connectivity index (χ1v) is 9.65. The molecule has 8 heteroatoms. The summed E-state index contributed by atoms with van der Waals surface area (Å²) >= 11 is 0. The molecule has 0 amide bonds. The molecule has 1 aliphatic heterocycles. The molecule has 1 unspecified atom stereocenters. The number of aryl methyl sites for hydroxylation is 2. The highest BCUT2D eigenvalue weighted by Gasteiger charge is 2.45. The Morgan fingerprint density at radius 2 is 2.22 bits per heavy atom. The van der Waals surface area contributed by atoms with Crippen molar-refractivity contribution in [1.29, 1.82) is 0 Å². The van der Waals surface area contributed by atoms with Crippen LogP contribution in [0.25, 0.3) is 5.65 Å². The van der Waals surface area contributed by atoms with E-state index in [4.69, 9.17) is 4.98 Å². The molecule has 1 aliphatic carbocycles. The van der Waals surface area contributed by atoms with E-state index in [9.17, 15) is 4.79 Å². The first-order chi connectivity index (χ1) is 13.1. The third kappa shape index (κ3) is 2.46. The highest BCUT2D eigenvalue weighted by molar-refractivity contribution is 5.69. The fourth-order valence-corrected chi connectivity index (χ4v) is 4.77. The molecule has 3 aromatic heterocycles. The number of nitrogens with one attached hydrogen (secondary N) is 1. The van der Waals surface area contributed by atoms with Crippen LogP contribution in [-0.4, -0.2) is 42.9 Å². The van der Waals surface area contributed by atoms with Gasteiger partial charge in [-0.15, -0.1) is 10.2 Å². The lowest BCUT2D eigenvalue weighted by Crippen LogP contribution is -2.46. The summed E-state index contributed by atoms with van der Waals surface area (Å²) in [6.45, 7) is 5.79.